The van der Waals surface area contributed by atoms with Crippen LogP contribution in [-0.2, 0) is 17.8 Å². The monoisotopic (exact) mass is 338 g/mol. The Kier molecular flexibility index (Phi) is 4.68. The van der Waals surface area contributed by atoms with Gasteiger partial charge in [0.2, 0.25) is 0 Å². The van der Waals surface area contributed by atoms with Gasteiger partial charge in [-0.15, -0.1) is 0 Å². The van der Waals surface area contributed by atoms with Gasteiger partial charge in [-0.05, 0) is 62.7 Å². The maximum atomic E-state index is 12.3. The van der Waals surface area contributed by atoms with Crippen LogP contribution >= 0.6 is 0 Å². The minimum Gasteiger partial charge on any atom is -0.345 e. The molecule has 1 aromatic carbocycles. The molecule has 0 spiro atoms. The minimum atomic E-state index is 0.0481. The quantitative estimate of drug-likeness (QED) is 0.762. The van der Waals surface area contributed by atoms with Gasteiger partial charge >= 0.3 is 0 Å². The molecule has 0 radical (unpaired) electrons. The van der Waals surface area contributed by atoms with Crippen molar-refractivity contribution in [2.24, 2.45) is 11.8 Å². The average molecular weight is 338 g/mol. The molecule has 1 aliphatic carbocycles. The summed E-state index contributed by atoms with van der Waals surface area (Å²) in [5.74, 6) is 1.12. The van der Waals surface area contributed by atoms with Crippen LogP contribution < -0.4 is 0 Å². The van der Waals surface area contributed by atoms with Gasteiger partial charge in [0.05, 0.1) is 0 Å². The Bertz CT molecular complexity index is 757. The highest BCUT2D eigenvalue weighted by atomic mass is 16.1. The molecule has 134 valence electrons. The molecule has 0 saturated carbocycles. The SMILES string of the molecule is CCC1Cc2c(c3ccccc3n2CC)C(C=O)C1CN1CCCC1. The van der Waals surface area contributed by atoms with Crippen molar-refractivity contribution in [1.29, 1.82) is 0 Å². The lowest BCUT2D eigenvalue weighted by molar-refractivity contribution is -0.111. The Morgan fingerprint density at radius 1 is 1.16 bits per heavy atom. The fraction of sp³-hybridized carbons (Fsp3) is 0.591. The predicted molar refractivity (Wildman–Crippen MR) is 103 cm³/mol. The first kappa shape index (κ1) is 16.8. The smallest absolute Gasteiger partial charge is 0.127 e. The third-order valence-corrected chi connectivity index (χ3v) is 6.63. The number of aromatic nitrogens is 1. The van der Waals surface area contributed by atoms with E-state index in [1.165, 1.54) is 54.4 Å². The van der Waals surface area contributed by atoms with Crippen molar-refractivity contribution in [1.82, 2.24) is 9.47 Å². The number of benzene rings is 1. The Balaban J connectivity index is 1.82. The number of aryl methyl sites for hydroxylation is 1. The van der Waals surface area contributed by atoms with E-state index in [4.69, 9.17) is 0 Å². The lowest BCUT2D eigenvalue weighted by Gasteiger charge is -2.38. The summed E-state index contributed by atoms with van der Waals surface area (Å²) in [5, 5.41) is 1.30. The van der Waals surface area contributed by atoms with Crippen LogP contribution in [0.1, 0.15) is 50.3 Å². The summed E-state index contributed by atoms with van der Waals surface area (Å²) in [6, 6.07) is 8.67. The highest BCUT2D eigenvalue weighted by molar-refractivity contribution is 5.89. The van der Waals surface area contributed by atoms with E-state index in [1.54, 1.807) is 0 Å². The summed E-state index contributed by atoms with van der Waals surface area (Å²) in [5.41, 5.74) is 4.06. The van der Waals surface area contributed by atoms with Crippen molar-refractivity contribution < 1.29 is 4.79 Å². The van der Waals surface area contributed by atoms with E-state index in [-0.39, 0.29) is 5.92 Å². The van der Waals surface area contributed by atoms with Gasteiger partial charge in [-0.2, -0.15) is 0 Å². The van der Waals surface area contributed by atoms with Crippen LogP contribution in [0.2, 0.25) is 0 Å². The first-order valence-corrected chi connectivity index (χ1v) is 10.1. The zero-order valence-electron chi connectivity index (χ0n) is 15.6. The largest absolute Gasteiger partial charge is 0.345 e. The van der Waals surface area contributed by atoms with Crippen molar-refractivity contribution in [3.8, 4) is 0 Å². The molecule has 1 saturated heterocycles. The molecule has 1 aliphatic heterocycles. The number of rotatable bonds is 5. The Morgan fingerprint density at radius 3 is 2.60 bits per heavy atom. The maximum absolute atomic E-state index is 12.3. The second-order valence-corrected chi connectivity index (χ2v) is 7.83. The molecular weight excluding hydrogens is 308 g/mol. The number of nitrogens with zero attached hydrogens (tertiary/aromatic N) is 2. The molecule has 3 atom stereocenters. The molecule has 0 amide bonds. The number of aldehydes is 1. The fourth-order valence-corrected chi connectivity index (χ4v) is 5.39. The van der Waals surface area contributed by atoms with Gasteiger partial charge in [0, 0.05) is 35.6 Å². The molecule has 1 fully saturated rings. The van der Waals surface area contributed by atoms with E-state index in [9.17, 15) is 4.79 Å². The summed E-state index contributed by atoms with van der Waals surface area (Å²) in [6.07, 6.45) is 6.17. The van der Waals surface area contributed by atoms with Crippen LogP contribution in [0, 0.1) is 11.8 Å². The van der Waals surface area contributed by atoms with Gasteiger partial charge in [0.25, 0.3) is 0 Å². The van der Waals surface area contributed by atoms with Gasteiger partial charge in [0.15, 0.2) is 0 Å². The first-order valence-electron chi connectivity index (χ1n) is 10.1. The van der Waals surface area contributed by atoms with E-state index < -0.39 is 0 Å². The molecule has 3 unspecified atom stereocenters. The number of hydrogen-bond acceptors (Lipinski definition) is 2. The highest BCUT2D eigenvalue weighted by Crippen LogP contribution is 2.45. The van der Waals surface area contributed by atoms with Crippen molar-refractivity contribution in [3.63, 3.8) is 0 Å². The molecule has 0 bridgehead atoms. The topological polar surface area (TPSA) is 25.2 Å². The van der Waals surface area contributed by atoms with Gasteiger partial charge in [0.1, 0.15) is 6.29 Å². The van der Waals surface area contributed by atoms with Crippen molar-refractivity contribution >= 4 is 17.2 Å². The summed E-state index contributed by atoms with van der Waals surface area (Å²) < 4.78 is 2.45. The first-order chi connectivity index (χ1) is 12.3. The molecule has 4 rings (SSSR count). The van der Waals surface area contributed by atoms with E-state index in [2.05, 4.69) is 47.6 Å². The third-order valence-electron chi connectivity index (χ3n) is 6.63. The van der Waals surface area contributed by atoms with Crippen LogP contribution in [0.25, 0.3) is 10.9 Å². The van der Waals surface area contributed by atoms with Crippen LogP contribution in [0.4, 0.5) is 0 Å². The zero-order chi connectivity index (χ0) is 17.4. The number of carbonyl (C=O) groups excluding carboxylic acids is 1. The standard InChI is InChI=1S/C22H30N2O/c1-3-16-13-21-22(17-9-5-6-10-20(17)24(21)4-2)19(15-25)18(16)14-23-11-7-8-12-23/h5-6,9-10,15-16,18-19H,3-4,7-8,11-14H2,1-2H3. The Morgan fingerprint density at radius 2 is 1.92 bits per heavy atom. The van der Waals surface area contributed by atoms with E-state index in [0.717, 1.165) is 25.9 Å². The summed E-state index contributed by atoms with van der Waals surface area (Å²) >= 11 is 0. The minimum absolute atomic E-state index is 0.0481. The van der Waals surface area contributed by atoms with E-state index >= 15 is 0 Å². The second kappa shape index (κ2) is 6.95. The number of hydrogen-bond donors (Lipinski definition) is 0. The molecule has 3 heteroatoms. The summed E-state index contributed by atoms with van der Waals surface area (Å²) in [6.45, 7) is 9.01. The van der Waals surface area contributed by atoms with Gasteiger partial charge < -0.3 is 14.3 Å². The molecule has 2 aliphatic rings. The Labute approximate surface area is 151 Å². The van der Waals surface area contributed by atoms with Crippen molar-refractivity contribution in [2.75, 3.05) is 19.6 Å². The summed E-state index contributed by atoms with van der Waals surface area (Å²) in [7, 11) is 0. The van der Waals surface area contributed by atoms with Crippen molar-refractivity contribution in [3.05, 3.63) is 35.5 Å². The lowest BCUT2D eigenvalue weighted by Crippen LogP contribution is -2.39. The molecular formula is C22H30N2O. The summed E-state index contributed by atoms with van der Waals surface area (Å²) in [4.78, 5) is 14.9. The van der Waals surface area contributed by atoms with Gasteiger partial charge in [-0.3, -0.25) is 0 Å². The molecule has 2 aromatic rings. The molecule has 25 heavy (non-hydrogen) atoms. The number of carbonyl (C=O) groups is 1. The molecule has 2 heterocycles. The molecule has 3 nitrogen and oxygen atoms in total. The molecule has 1 aromatic heterocycles. The van der Waals surface area contributed by atoms with Gasteiger partial charge in [-0.25, -0.2) is 0 Å². The van der Waals surface area contributed by atoms with Crippen molar-refractivity contribution in [2.45, 2.75) is 52.0 Å². The predicted octanol–water partition coefficient (Wildman–Crippen LogP) is 4.24. The Hall–Kier alpha value is -1.61. The normalized spacial score (nSPS) is 26.9. The highest BCUT2D eigenvalue weighted by Gasteiger charge is 2.40. The van der Waals surface area contributed by atoms with E-state index in [1.807, 2.05) is 0 Å². The zero-order valence-corrected chi connectivity index (χ0v) is 15.6. The van der Waals surface area contributed by atoms with Crippen LogP contribution in [0.15, 0.2) is 24.3 Å². The van der Waals surface area contributed by atoms with E-state index in [0.29, 0.717) is 11.8 Å². The number of likely N-dealkylation sites (tertiary alicyclic amines) is 1. The van der Waals surface area contributed by atoms with Crippen LogP contribution in [-0.4, -0.2) is 35.4 Å². The van der Waals surface area contributed by atoms with Gasteiger partial charge in [-0.1, -0.05) is 31.5 Å². The lowest BCUT2D eigenvalue weighted by atomic mass is 9.69. The second-order valence-electron chi connectivity index (χ2n) is 7.83. The third kappa shape index (κ3) is 2.73. The molecule has 0 N–H and O–H groups in total. The fourth-order valence-electron chi connectivity index (χ4n) is 5.39. The van der Waals surface area contributed by atoms with Crippen LogP contribution in [0.3, 0.4) is 0 Å². The number of fused-ring (bicyclic) bond motifs is 3. The number of para-hydroxylation sites is 1. The maximum Gasteiger partial charge on any atom is 0.127 e. The average Bonchev–Trinajstić information content (AvgIpc) is 3.26. The van der Waals surface area contributed by atoms with Crippen LogP contribution in [0.5, 0.6) is 0 Å².